The predicted molar refractivity (Wildman–Crippen MR) is 190 cm³/mol. The molecule has 30 heteroatoms. The van der Waals surface area contributed by atoms with Crippen molar-refractivity contribution in [1.29, 1.82) is 0 Å². The first kappa shape index (κ1) is 47.3. The zero-order valence-electron chi connectivity index (χ0n) is 32.0. The average molecular weight is 935 g/mol. The number of aromatic nitrogens is 6. The molecule has 2 unspecified atom stereocenters. The van der Waals surface area contributed by atoms with E-state index in [0.29, 0.717) is 58.0 Å². The summed E-state index contributed by atoms with van der Waals surface area (Å²) in [5.74, 6) is -3.72. The van der Waals surface area contributed by atoms with Gasteiger partial charge in [-0.2, -0.15) is 26.3 Å². The number of aryl methyl sites for hydroxylation is 4. The van der Waals surface area contributed by atoms with Crippen molar-refractivity contribution in [2.24, 2.45) is 40.0 Å². The van der Waals surface area contributed by atoms with Gasteiger partial charge in [-0.15, -0.1) is 9.36 Å². The number of carbonyl (C=O) groups excluding carboxylic acids is 3. The lowest BCUT2D eigenvalue weighted by Crippen LogP contribution is -2.68. The van der Waals surface area contributed by atoms with Crippen molar-refractivity contribution in [1.82, 2.24) is 40.0 Å². The molecule has 6 atom stereocenters. The number of hydrogen-bond acceptors (Lipinski definition) is 17. The van der Waals surface area contributed by atoms with Gasteiger partial charge < -0.3 is 45.1 Å². The fourth-order valence-electron chi connectivity index (χ4n) is 7.82. The lowest BCUT2D eigenvalue weighted by atomic mass is 9.83. The molecule has 8 heterocycles. The molecule has 0 amide bonds. The molecule has 0 bridgehead atoms. The lowest BCUT2D eigenvalue weighted by molar-refractivity contribution is -0.673. The molecule has 6 aliphatic rings. The minimum absolute atomic E-state index is 0.133. The van der Waals surface area contributed by atoms with Gasteiger partial charge in [0, 0.05) is 57.0 Å². The molecule has 4 N–H and O–H groups in total. The molecule has 336 valence electrons. The van der Waals surface area contributed by atoms with E-state index in [-0.39, 0.29) is 34.2 Å². The van der Waals surface area contributed by atoms with Gasteiger partial charge in [0.15, 0.2) is 10.1 Å². The number of piperidine rings is 2. The normalized spacial score (nSPS) is 24.7. The Kier molecular flexibility index (Phi) is 13.6. The molecule has 4 saturated heterocycles. The average Bonchev–Trinajstić information content (AvgIpc) is 3.82. The van der Waals surface area contributed by atoms with Crippen LogP contribution in [0.5, 0.6) is 0 Å². The van der Waals surface area contributed by atoms with Crippen LogP contribution in [0.3, 0.4) is 0 Å². The van der Waals surface area contributed by atoms with Crippen molar-refractivity contribution < 1.29 is 87.7 Å². The first-order chi connectivity index (χ1) is 28.2. The summed E-state index contributed by atoms with van der Waals surface area (Å²) < 4.78 is 96.8. The van der Waals surface area contributed by atoms with Gasteiger partial charge >= 0.3 is 35.3 Å². The molecule has 0 radical (unpaired) electrons. The number of rotatable bonds is 6. The van der Waals surface area contributed by atoms with Crippen molar-refractivity contribution in [2.75, 3.05) is 26.2 Å². The molecule has 8 rings (SSSR count). The molecule has 21 nitrogen and oxygen atoms in total. The number of alkyl halides is 6. The maximum atomic E-state index is 12.7. The third-order valence-corrected chi connectivity index (χ3v) is 13.1. The number of aliphatic carboxylic acids is 3. The number of carbonyl (C=O) groups is 5. The Morgan fingerprint density at radius 3 is 1.34 bits per heavy atom. The van der Waals surface area contributed by atoms with Crippen molar-refractivity contribution in [3.63, 3.8) is 0 Å². The fraction of sp³-hybridized carbons (Fsp3) is 0.581. The summed E-state index contributed by atoms with van der Waals surface area (Å²) >= 11 is 2.11. The molecular weight excluding hydrogens is 899 g/mol. The van der Waals surface area contributed by atoms with E-state index >= 15 is 0 Å². The predicted octanol–water partition coefficient (Wildman–Crippen LogP) is -2.47. The standard InChI is InChI=1S/2C14H17N5O3S.C2HF3O2.CHF3O3S/c2*1-17-6-16-18(2)12(17)14(22)23-11-7-3-4-15-8-5-19(9(7)8)10(11)13(20)21;3-2(4,5)1(6)7;2-1(3,4)8(5,6)7/h2*6-9,15H,3-5H2,1-2H3;(H,6,7);(H,5,6,7)/t2*7?,8-,9+;;/m00../s1. The largest absolute Gasteiger partial charge is 0.741 e. The molecule has 61 heavy (non-hydrogen) atoms. The van der Waals surface area contributed by atoms with Crippen LogP contribution in [0.1, 0.15) is 34.1 Å². The first-order valence-electron chi connectivity index (χ1n) is 17.6. The van der Waals surface area contributed by atoms with E-state index < -0.39 is 39.7 Å². The van der Waals surface area contributed by atoms with Crippen molar-refractivity contribution >= 4 is 61.8 Å². The number of thioether (sulfide) groups is 2. The molecule has 0 saturated carbocycles. The second-order valence-corrected chi connectivity index (χ2v) is 17.5. The SMILES string of the molecule is Cn1nc[n+](C)c1C(=O)SC1=C(C(=O)O)N2C[C@@H]3NCCC1[C@H]32.Cn1nc[n+](C)c1C(=O)SC1=C(C(=O)O)N2C[C@@H]3NCCC1[C@H]32.O=C([O-])C(F)(F)F.O=S(=O)([O-])C(F)(F)F. The number of carboxylic acid groups (broad SMARTS) is 3. The number of nitrogens with zero attached hydrogens (tertiary/aromatic N) is 8. The Morgan fingerprint density at radius 1 is 0.770 bits per heavy atom. The van der Waals surface area contributed by atoms with Crippen LogP contribution in [0.15, 0.2) is 33.9 Å². The van der Waals surface area contributed by atoms with Crippen LogP contribution in [0.2, 0.25) is 0 Å². The summed E-state index contributed by atoms with van der Waals surface area (Å²) in [5, 5.41) is 42.6. The molecule has 0 aromatic carbocycles. The highest BCUT2D eigenvalue weighted by Gasteiger charge is 2.57. The molecular formula is C31H36F6N10O11S3. The van der Waals surface area contributed by atoms with Crippen LogP contribution in [-0.4, -0.2) is 143 Å². The summed E-state index contributed by atoms with van der Waals surface area (Å²) in [6.45, 7) is 3.15. The summed E-state index contributed by atoms with van der Waals surface area (Å²) in [4.78, 5) is 62.9. The van der Waals surface area contributed by atoms with Gasteiger partial charge in [-0.1, -0.05) is 0 Å². The van der Waals surface area contributed by atoms with E-state index in [9.17, 15) is 55.7 Å². The third-order valence-electron chi connectivity index (χ3n) is 10.4. The Balaban J connectivity index is 0.000000175. The highest BCUT2D eigenvalue weighted by molar-refractivity contribution is 8.17. The summed E-state index contributed by atoms with van der Waals surface area (Å²) in [6, 6.07) is 1.05. The van der Waals surface area contributed by atoms with E-state index in [4.69, 9.17) is 22.9 Å². The van der Waals surface area contributed by atoms with E-state index in [1.165, 1.54) is 9.36 Å². The van der Waals surface area contributed by atoms with Crippen molar-refractivity contribution in [3.8, 4) is 0 Å². The summed E-state index contributed by atoms with van der Waals surface area (Å²) in [7, 11) is 0.851. The van der Waals surface area contributed by atoms with E-state index in [1.807, 2.05) is 9.80 Å². The van der Waals surface area contributed by atoms with Gasteiger partial charge in [-0.25, -0.2) is 27.1 Å². The Bertz CT molecular complexity index is 2140. The summed E-state index contributed by atoms with van der Waals surface area (Å²) in [6.07, 6.45) is -0.325. The zero-order chi connectivity index (χ0) is 45.7. The minimum Gasteiger partial charge on any atom is -0.741 e. The number of hydrogen-bond donors (Lipinski definition) is 4. The van der Waals surface area contributed by atoms with Gasteiger partial charge in [0.05, 0.1) is 40.3 Å². The lowest BCUT2D eigenvalue weighted by Gasteiger charge is -2.51. The topological polar surface area (TPSA) is 280 Å². The van der Waals surface area contributed by atoms with Crippen LogP contribution >= 0.6 is 23.5 Å². The highest BCUT2D eigenvalue weighted by Crippen LogP contribution is 2.51. The zero-order valence-corrected chi connectivity index (χ0v) is 34.4. The number of nitrogens with one attached hydrogen (secondary N) is 2. The van der Waals surface area contributed by atoms with Gasteiger partial charge in [-0.05, 0) is 49.5 Å². The Labute approximate surface area is 349 Å². The van der Waals surface area contributed by atoms with Crippen LogP contribution in [0, 0.1) is 11.8 Å². The molecule has 2 aromatic rings. The second-order valence-electron chi connectivity index (χ2n) is 14.1. The van der Waals surface area contributed by atoms with Crippen LogP contribution in [-0.2, 0) is 52.7 Å². The fourth-order valence-corrected chi connectivity index (χ4v) is 10.4. The van der Waals surface area contributed by atoms with Gasteiger partial charge in [-0.3, -0.25) is 9.59 Å². The molecule has 0 aliphatic carbocycles. The quantitative estimate of drug-likeness (QED) is 0.101. The van der Waals surface area contributed by atoms with Gasteiger partial charge in [0.2, 0.25) is 0 Å². The van der Waals surface area contributed by atoms with E-state index in [2.05, 4.69) is 20.8 Å². The van der Waals surface area contributed by atoms with Crippen molar-refractivity contribution in [3.05, 3.63) is 45.5 Å². The number of halogens is 6. The minimum atomic E-state index is -6.09. The Hall–Kier alpha value is -4.78. The van der Waals surface area contributed by atoms with Gasteiger partial charge in [0.1, 0.15) is 17.4 Å². The van der Waals surface area contributed by atoms with Gasteiger partial charge in [0.25, 0.3) is 22.9 Å². The van der Waals surface area contributed by atoms with Crippen LogP contribution in [0.4, 0.5) is 26.3 Å². The van der Waals surface area contributed by atoms with Crippen LogP contribution in [0.25, 0.3) is 0 Å². The van der Waals surface area contributed by atoms with E-state index in [0.717, 1.165) is 49.5 Å². The monoisotopic (exact) mass is 934 g/mol. The second kappa shape index (κ2) is 17.5. The van der Waals surface area contributed by atoms with E-state index in [1.54, 1.807) is 50.0 Å². The number of carboxylic acids is 3. The Morgan fingerprint density at radius 2 is 1.10 bits per heavy atom. The van der Waals surface area contributed by atoms with Crippen LogP contribution < -0.4 is 24.9 Å². The maximum Gasteiger partial charge on any atom is 0.485 e. The molecule has 6 aliphatic heterocycles. The molecule has 2 aromatic heterocycles. The maximum absolute atomic E-state index is 12.7. The first-order valence-corrected chi connectivity index (χ1v) is 20.7. The molecule has 0 spiro atoms. The van der Waals surface area contributed by atoms with Crippen molar-refractivity contribution in [2.45, 2.75) is 48.7 Å². The smallest absolute Gasteiger partial charge is 0.485 e. The summed E-state index contributed by atoms with van der Waals surface area (Å²) in [5.41, 5.74) is -5.03. The highest BCUT2D eigenvalue weighted by atomic mass is 32.2. The molecule has 4 fully saturated rings. The third kappa shape index (κ3) is 9.51.